The van der Waals surface area contributed by atoms with E-state index in [-0.39, 0.29) is 0 Å². The lowest BCUT2D eigenvalue weighted by Gasteiger charge is -2.24. The topological polar surface area (TPSA) is 28.4 Å². The van der Waals surface area contributed by atoms with E-state index in [0.717, 1.165) is 30.7 Å². The Morgan fingerprint density at radius 3 is 2.81 bits per heavy atom. The molecule has 1 saturated carbocycles. The largest absolute Gasteiger partial charge is 0.465 e. The molecule has 0 saturated heterocycles. The van der Waals surface area contributed by atoms with Crippen molar-refractivity contribution < 1.29 is 4.42 Å². The van der Waals surface area contributed by atoms with Crippen molar-refractivity contribution in [2.75, 3.05) is 13.6 Å². The van der Waals surface area contributed by atoms with Crippen molar-refractivity contribution in [3.63, 3.8) is 0 Å². The number of rotatable bonds is 6. The van der Waals surface area contributed by atoms with Gasteiger partial charge in [0.15, 0.2) is 0 Å². The van der Waals surface area contributed by atoms with E-state index in [0.29, 0.717) is 6.04 Å². The van der Waals surface area contributed by atoms with Gasteiger partial charge in [-0.3, -0.25) is 4.90 Å². The Kier molecular flexibility index (Phi) is 3.66. The molecule has 0 bridgehead atoms. The molecule has 1 atom stereocenters. The summed E-state index contributed by atoms with van der Waals surface area (Å²) in [5, 5.41) is 3.44. The SMILES string of the molecule is Cc1ccc(CNCC(C)N(C)C2CC2)o1. The maximum absolute atomic E-state index is 5.51. The van der Waals surface area contributed by atoms with Crippen LogP contribution < -0.4 is 5.32 Å². The van der Waals surface area contributed by atoms with Gasteiger partial charge in [-0.15, -0.1) is 0 Å². The van der Waals surface area contributed by atoms with Gasteiger partial charge in [-0.05, 0) is 45.9 Å². The minimum Gasteiger partial charge on any atom is -0.465 e. The lowest BCUT2D eigenvalue weighted by atomic mass is 10.3. The molecule has 90 valence electrons. The van der Waals surface area contributed by atoms with E-state index in [9.17, 15) is 0 Å². The maximum Gasteiger partial charge on any atom is 0.117 e. The zero-order valence-corrected chi connectivity index (χ0v) is 10.5. The Labute approximate surface area is 97.8 Å². The van der Waals surface area contributed by atoms with Crippen LogP contribution in [-0.4, -0.2) is 30.6 Å². The molecule has 1 aromatic rings. The Bertz CT molecular complexity index is 330. The normalized spacial score (nSPS) is 18.0. The fraction of sp³-hybridized carbons (Fsp3) is 0.692. The Balaban J connectivity index is 1.67. The molecule has 0 amide bonds. The van der Waals surface area contributed by atoms with Crippen molar-refractivity contribution in [1.82, 2.24) is 10.2 Å². The van der Waals surface area contributed by atoms with Crippen molar-refractivity contribution in [2.24, 2.45) is 0 Å². The number of likely N-dealkylation sites (N-methyl/N-ethyl adjacent to an activating group) is 1. The highest BCUT2D eigenvalue weighted by molar-refractivity contribution is 5.05. The zero-order chi connectivity index (χ0) is 11.5. The monoisotopic (exact) mass is 222 g/mol. The number of nitrogens with zero attached hydrogens (tertiary/aromatic N) is 1. The van der Waals surface area contributed by atoms with Crippen molar-refractivity contribution in [3.8, 4) is 0 Å². The minimum atomic E-state index is 0.601. The van der Waals surface area contributed by atoms with Gasteiger partial charge in [-0.2, -0.15) is 0 Å². The third-order valence-electron chi connectivity index (χ3n) is 3.35. The molecule has 0 radical (unpaired) electrons. The van der Waals surface area contributed by atoms with Crippen LogP contribution in [0.2, 0.25) is 0 Å². The number of hydrogen-bond donors (Lipinski definition) is 1. The Morgan fingerprint density at radius 2 is 2.25 bits per heavy atom. The minimum absolute atomic E-state index is 0.601. The quantitative estimate of drug-likeness (QED) is 0.799. The smallest absolute Gasteiger partial charge is 0.117 e. The van der Waals surface area contributed by atoms with Crippen molar-refractivity contribution in [1.29, 1.82) is 0 Å². The molecule has 1 heterocycles. The molecular weight excluding hydrogens is 200 g/mol. The average molecular weight is 222 g/mol. The molecule has 1 N–H and O–H groups in total. The summed E-state index contributed by atoms with van der Waals surface area (Å²) in [7, 11) is 2.22. The second-order valence-electron chi connectivity index (χ2n) is 4.89. The van der Waals surface area contributed by atoms with E-state index in [1.807, 2.05) is 19.1 Å². The van der Waals surface area contributed by atoms with E-state index in [2.05, 4.69) is 24.2 Å². The number of hydrogen-bond acceptors (Lipinski definition) is 3. The third kappa shape index (κ3) is 3.09. The fourth-order valence-electron chi connectivity index (χ4n) is 1.97. The molecule has 3 nitrogen and oxygen atoms in total. The molecule has 1 aliphatic rings. The molecule has 3 heteroatoms. The lowest BCUT2D eigenvalue weighted by Crippen LogP contribution is -2.38. The summed E-state index contributed by atoms with van der Waals surface area (Å²) in [6.45, 7) is 6.11. The predicted octanol–water partition coefficient (Wildman–Crippen LogP) is 2.16. The van der Waals surface area contributed by atoms with E-state index in [4.69, 9.17) is 4.42 Å². The molecule has 16 heavy (non-hydrogen) atoms. The summed E-state index contributed by atoms with van der Waals surface area (Å²) < 4.78 is 5.51. The molecule has 0 aromatic carbocycles. The van der Waals surface area contributed by atoms with Crippen LogP contribution in [0.15, 0.2) is 16.5 Å². The third-order valence-corrected chi connectivity index (χ3v) is 3.35. The summed E-state index contributed by atoms with van der Waals surface area (Å²) >= 11 is 0. The van der Waals surface area contributed by atoms with Crippen LogP contribution >= 0.6 is 0 Å². The highest BCUT2D eigenvalue weighted by Gasteiger charge is 2.28. The van der Waals surface area contributed by atoms with Gasteiger partial charge in [0.2, 0.25) is 0 Å². The molecule has 0 aliphatic heterocycles. The first-order chi connectivity index (χ1) is 7.66. The van der Waals surface area contributed by atoms with E-state index >= 15 is 0 Å². The standard InChI is InChI=1S/C13H22N2O/c1-10(15(3)12-5-6-12)8-14-9-13-7-4-11(2)16-13/h4,7,10,12,14H,5-6,8-9H2,1-3H3. The predicted molar refractivity (Wildman–Crippen MR) is 65.4 cm³/mol. The summed E-state index contributed by atoms with van der Waals surface area (Å²) in [4.78, 5) is 2.47. The first-order valence-electron chi connectivity index (χ1n) is 6.15. The molecule has 0 spiro atoms. The van der Waals surface area contributed by atoms with Crippen LogP contribution in [0.3, 0.4) is 0 Å². The second kappa shape index (κ2) is 5.02. The van der Waals surface area contributed by atoms with Gasteiger partial charge in [0.05, 0.1) is 6.54 Å². The summed E-state index contributed by atoms with van der Waals surface area (Å²) in [5.41, 5.74) is 0. The van der Waals surface area contributed by atoms with E-state index < -0.39 is 0 Å². The van der Waals surface area contributed by atoms with Crippen molar-refractivity contribution in [3.05, 3.63) is 23.7 Å². The van der Waals surface area contributed by atoms with E-state index in [1.54, 1.807) is 0 Å². The number of aryl methyl sites for hydroxylation is 1. The molecular formula is C13H22N2O. The van der Waals surface area contributed by atoms with Crippen LogP contribution in [0.5, 0.6) is 0 Å². The van der Waals surface area contributed by atoms with Crippen molar-refractivity contribution in [2.45, 2.75) is 45.3 Å². The van der Waals surface area contributed by atoms with Gasteiger partial charge < -0.3 is 9.73 Å². The van der Waals surface area contributed by atoms with E-state index in [1.165, 1.54) is 12.8 Å². The van der Waals surface area contributed by atoms with Gasteiger partial charge in [0.25, 0.3) is 0 Å². The molecule has 1 fully saturated rings. The Morgan fingerprint density at radius 1 is 1.50 bits per heavy atom. The van der Waals surface area contributed by atoms with Crippen LogP contribution in [0.1, 0.15) is 31.3 Å². The van der Waals surface area contributed by atoms with Crippen LogP contribution in [0.25, 0.3) is 0 Å². The van der Waals surface area contributed by atoms with Crippen LogP contribution in [0, 0.1) is 6.92 Å². The molecule has 1 unspecified atom stereocenters. The molecule has 1 aromatic heterocycles. The van der Waals surface area contributed by atoms with Crippen LogP contribution in [-0.2, 0) is 6.54 Å². The van der Waals surface area contributed by atoms with Gasteiger partial charge in [-0.1, -0.05) is 0 Å². The summed E-state index contributed by atoms with van der Waals surface area (Å²) in [6.07, 6.45) is 2.75. The number of furan rings is 1. The maximum atomic E-state index is 5.51. The number of nitrogens with one attached hydrogen (secondary N) is 1. The van der Waals surface area contributed by atoms with Crippen LogP contribution in [0.4, 0.5) is 0 Å². The van der Waals surface area contributed by atoms with Gasteiger partial charge >= 0.3 is 0 Å². The fourth-order valence-corrected chi connectivity index (χ4v) is 1.97. The first-order valence-corrected chi connectivity index (χ1v) is 6.15. The Hall–Kier alpha value is -0.800. The summed E-state index contributed by atoms with van der Waals surface area (Å²) in [5.74, 6) is 2.01. The highest BCUT2D eigenvalue weighted by Crippen LogP contribution is 2.26. The summed E-state index contributed by atoms with van der Waals surface area (Å²) in [6, 6.07) is 5.49. The van der Waals surface area contributed by atoms with Gasteiger partial charge in [0, 0.05) is 18.6 Å². The first kappa shape index (κ1) is 11.7. The zero-order valence-electron chi connectivity index (χ0n) is 10.5. The highest BCUT2D eigenvalue weighted by atomic mass is 16.3. The lowest BCUT2D eigenvalue weighted by molar-refractivity contribution is 0.239. The van der Waals surface area contributed by atoms with Gasteiger partial charge in [0.1, 0.15) is 11.5 Å². The van der Waals surface area contributed by atoms with Gasteiger partial charge in [-0.25, -0.2) is 0 Å². The van der Waals surface area contributed by atoms with Crippen molar-refractivity contribution >= 4 is 0 Å². The molecule has 2 rings (SSSR count). The molecule has 1 aliphatic carbocycles. The second-order valence-corrected chi connectivity index (χ2v) is 4.89. The average Bonchev–Trinajstić information content (AvgIpc) is 3.02.